The number of hydrogen-bond donors (Lipinski definition) is 0. The molecule has 0 aliphatic heterocycles. The highest BCUT2D eigenvalue weighted by atomic mass is 32.2. The largest absolute Gasteiger partial charge is 0.867 e. The summed E-state index contributed by atoms with van der Waals surface area (Å²) < 4.78 is 62.9. The van der Waals surface area contributed by atoms with Crippen molar-refractivity contribution in [1.82, 2.24) is 0 Å². The quantitative estimate of drug-likeness (QED) is 0.106. The third-order valence-electron chi connectivity index (χ3n) is 7.30. The van der Waals surface area contributed by atoms with E-state index in [4.69, 9.17) is 19.2 Å². The zero-order chi connectivity index (χ0) is 34.2. The van der Waals surface area contributed by atoms with Gasteiger partial charge in [0.05, 0.1) is 0 Å². The summed E-state index contributed by atoms with van der Waals surface area (Å²) in [6, 6.07) is 23.5. The third kappa shape index (κ3) is 5.67. The van der Waals surface area contributed by atoms with Crippen LogP contribution in [0.15, 0.2) is 119 Å². The maximum atomic E-state index is 13.1. The molecule has 236 valence electrons. The second-order valence-corrected chi connectivity index (χ2v) is 13.2. The minimum atomic E-state index is -4.43. The fourth-order valence-corrected chi connectivity index (χ4v) is 7.30. The fourth-order valence-electron chi connectivity index (χ4n) is 5.01. The first kappa shape index (κ1) is 31.4. The van der Waals surface area contributed by atoms with Gasteiger partial charge in [0.2, 0.25) is 10.8 Å². The number of hydrogen-bond acceptors (Lipinski definition) is 11. The minimum Gasteiger partial charge on any atom is -0.867 e. The van der Waals surface area contributed by atoms with Crippen molar-refractivity contribution in [3.8, 4) is 23.0 Å². The smallest absolute Gasteiger partial charge is 0.378 e. The lowest BCUT2D eigenvalue weighted by Crippen LogP contribution is -2.11. The van der Waals surface area contributed by atoms with Gasteiger partial charge in [-0.25, -0.2) is 0 Å². The SMILES string of the molecule is N#[N+]c1ccc2c(S(=O)(=O)Oc3ccc(C(=O)c4ccc(OS(=O)(=O)c5cccc6c([O-])c([N+]#N)ccc56)cc4)cc3)cccc2c1[O-]. The Morgan fingerprint density at radius 3 is 1.25 bits per heavy atom. The first-order valence-corrected chi connectivity index (χ1v) is 16.5. The van der Waals surface area contributed by atoms with Crippen molar-refractivity contribution < 1.29 is 40.2 Å². The summed E-state index contributed by atoms with van der Waals surface area (Å²) >= 11 is 0. The van der Waals surface area contributed by atoms with Crippen molar-refractivity contribution in [2.24, 2.45) is 0 Å². The molecule has 48 heavy (non-hydrogen) atoms. The van der Waals surface area contributed by atoms with Crippen LogP contribution in [0.2, 0.25) is 0 Å². The third-order valence-corrected chi connectivity index (χ3v) is 9.91. The Bertz CT molecular complexity index is 2410. The van der Waals surface area contributed by atoms with Crippen LogP contribution in [0.4, 0.5) is 11.4 Å². The lowest BCUT2D eigenvalue weighted by molar-refractivity contribution is -0.265. The first-order chi connectivity index (χ1) is 22.9. The molecule has 0 aromatic heterocycles. The van der Waals surface area contributed by atoms with Crippen molar-refractivity contribution >= 4 is 58.9 Å². The van der Waals surface area contributed by atoms with Crippen LogP contribution in [-0.2, 0) is 20.2 Å². The van der Waals surface area contributed by atoms with Crippen LogP contribution in [0, 0.1) is 10.8 Å². The van der Waals surface area contributed by atoms with Crippen molar-refractivity contribution in [2.75, 3.05) is 0 Å². The molecule has 0 fully saturated rings. The van der Waals surface area contributed by atoms with Crippen LogP contribution in [0.3, 0.4) is 0 Å². The molecule has 15 heteroatoms. The summed E-state index contributed by atoms with van der Waals surface area (Å²) in [6.07, 6.45) is 0. The topological polar surface area (TPSA) is 206 Å². The van der Waals surface area contributed by atoms with Gasteiger partial charge >= 0.3 is 31.6 Å². The van der Waals surface area contributed by atoms with E-state index in [2.05, 4.69) is 9.95 Å². The number of fused-ring (bicyclic) bond motifs is 2. The van der Waals surface area contributed by atoms with Crippen LogP contribution < -0.4 is 18.6 Å². The van der Waals surface area contributed by atoms with Gasteiger partial charge in [0.15, 0.2) is 15.7 Å². The Balaban J connectivity index is 1.18. The molecule has 0 radical (unpaired) electrons. The predicted octanol–water partition coefficient (Wildman–Crippen LogP) is 5.88. The fraction of sp³-hybridized carbons (Fsp3) is 0. The Morgan fingerprint density at radius 2 is 0.896 bits per heavy atom. The average Bonchev–Trinajstić information content (AvgIpc) is 3.08. The standard InChI is InChI=1S/C33H18N4O9S2/c34-36-27-17-15-23-25(32(27)39)3-1-5-29(23)47(41,42)45-21-11-7-19(8-12-21)31(38)20-9-13-22(14-10-20)46-48(43,44)30-6-2-4-26-24(30)16-18-28(37-35)33(26)40/h1-18H. The molecule has 0 N–H and O–H groups in total. The molecule has 0 heterocycles. The molecule has 0 amide bonds. The number of nitrogens with zero attached hydrogens (tertiary/aromatic N) is 4. The van der Waals surface area contributed by atoms with E-state index in [0.29, 0.717) is 0 Å². The zero-order valence-electron chi connectivity index (χ0n) is 24.2. The van der Waals surface area contributed by atoms with Crippen LogP contribution >= 0.6 is 0 Å². The molecule has 0 saturated heterocycles. The van der Waals surface area contributed by atoms with Crippen molar-refractivity contribution in [3.63, 3.8) is 0 Å². The van der Waals surface area contributed by atoms with Crippen molar-refractivity contribution in [1.29, 1.82) is 10.8 Å². The number of benzene rings is 6. The summed E-state index contributed by atoms with van der Waals surface area (Å²) in [5, 5.41) is 43.1. The number of carbonyl (C=O) groups is 1. The van der Waals surface area contributed by atoms with Gasteiger partial charge in [-0.3, -0.25) is 4.79 Å². The molecule has 0 bridgehead atoms. The molecular formula is C33H18N4O9S2. The van der Waals surface area contributed by atoms with Gasteiger partial charge in [0.1, 0.15) is 21.3 Å². The van der Waals surface area contributed by atoms with E-state index in [1.807, 2.05) is 0 Å². The second-order valence-electron chi connectivity index (χ2n) is 10.2. The summed E-state index contributed by atoms with van der Waals surface area (Å²) in [7, 11) is -8.86. The van der Waals surface area contributed by atoms with Gasteiger partial charge in [0, 0.05) is 34.0 Å². The van der Waals surface area contributed by atoms with E-state index in [0.717, 1.165) is 0 Å². The summed E-state index contributed by atoms with van der Waals surface area (Å²) in [4.78, 5) is 18.4. The lowest BCUT2D eigenvalue weighted by atomic mass is 10.0. The summed E-state index contributed by atoms with van der Waals surface area (Å²) in [5.74, 6) is -2.00. The van der Waals surface area contributed by atoms with Gasteiger partial charge in [-0.1, -0.05) is 24.3 Å². The molecule has 0 aliphatic carbocycles. The lowest BCUT2D eigenvalue weighted by Gasteiger charge is -2.13. The Hall–Kier alpha value is -6.55. The number of rotatable bonds is 8. The van der Waals surface area contributed by atoms with Gasteiger partial charge in [-0.2, -0.15) is 16.8 Å². The van der Waals surface area contributed by atoms with E-state index in [9.17, 15) is 31.8 Å². The highest BCUT2D eigenvalue weighted by molar-refractivity contribution is 7.87. The first-order valence-electron chi connectivity index (χ1n) is 13.7. The van der Waals surface area contributed by atoms with Gasteiger partial charge in [0.25, 0.3) is 0 Å². The second kappa shape index (κ2) is 12.0. The Morgan fingerprint density at radius 1 is 0.521 bits per heavy atom. The van der Waals surface area contributed by atoms with E-state index >= 15 is 0 Å². The molecule has 0 aliphatic rings. The van der Waals surface area contributed by atoms with Gasteiger partial charge in [-0.05, 0) is 95.1 Å². The number of diazo groups is 2. The zero-order valence-corrected chi connectivity index (χ0v) is 25.8. The van der Waals surface area contributed by atoms with Crippen LogP contribution in [0.1, 0.15) is 15.9 Å². The summed E-state index contributed by atoms with van der Waals surface area (Å²) in [6.45, 7) is 0. The van der Waals surface area contributed by atoms with E-state index in [1.54, 1.807) is 0 Å². The number of ketones is 1. The van der Waals surface area contributed by atoms with E-state index < -0.39 is 37.5 Å². The van der Waals surface area contributed by atoms with Crippen LogP contribution in [0.5, 0.6) is 23.0 Å². The molecule has 0 saturated carbocycles. The maximum absolute atomic E-state index is 13.1. The minimum absolute atomic E-state index is 0.0188. The molecule has 6 aromatic carbocycles. The molecule has 13 nitrogen and oxygen atoms in total. The van der Waals surface area contributed by atoms with Gasteiger partial charge < -0.3 is 18.6 Å². The molecule has 0 atom stereocenters. The molecule has 6 aromatic rings. The molecule has 6 rings (SSSR count). The Labute approximate surface area is 272 Å². The van der Waals surface area contributed by atoms with Crippen molar-refractivity contribution in [3.05, 3.63) is 130 Å². The maximum Gasteiger partial charge on any atom is 0.378 e. The summed E-state index contributed by atoms with van der Waals surface area (Å²) in [5.41, 5.74) is -0.162. The van der Waals surface area contributed by atoms with E-state index in [-0.39, 0.29) is 65.3 Å². The molecule has 0 unspecified atom stereocenters. The van der Waals surface area contributed by atoms with Gasteiger partial charge in [-0.15, -0.1) is 0 Å². The predicted molar refractivity (Wildman–Crippen MR) is 168 cm³/mol. The highest BCUT2D eigenvalue weighted by Gasteiger charge is 2.24. The Kier molecular flexibility index (Phi) is 7.85. The molecular weight excluding hydrogens is 661 g/mol. The monoisotopic (exact) mass is 678 g/mol. The number of carbonyl (C=O) groups excluding carboxylic acids is 1. The van der Waals surface area contributed by atoms with Crippen LogP contribution in [-0.4, -0.2) is 22.6 Å². The van der Waals surface area contributed by atoms with E-state index in [1.165, 1.54) is 109 Å². The molecule has 0 spiro atoms. The van der Waals surface area contributed by atoms with Crippen molar-refractivity contribution in [2.45, 2.75) is 9.79 Å². The highest BCUT2D eigenvalue weighted by Crippen LogP contribution is 2.37. The average molecular weight is 679 g/mol. The van der Waals surface area contributed by atoms with Crippen LogP contribution in [0.25, 0.3) is 31.5 Å². The normalized spacial score (nSPS) is 11.5.